The first-order chi connectivity index (χ1) is 14.5. The number of carboxylic acids is 3. The number of hydrogen-bond donors (Lipinski definition) is 5. The van der Waals surface area contributed by atoms with Crippen LogP contribution in [-0.2, 0) is 19.2 Å². The van der Waals surface area contributed by atoms with Crippen LogP contribution in [0.25, 0.3) is 0 Å². The summed E-state index contributed by atoms with van der Waals surface area (Å²) in [4.78, 5) is 52.8. The van der Waals surface area contributed by atoms with E-state index < -0.39 is 17.9 Å². The maximum atomic E-state index is 12.2. The van der Waals surface area contributed by atoms with Gasteiger partial charge in [-0.25, -0.2) is 0 Å². The number of hydrogen-bond acceptors (Lipinski definition) is 9. The van der Waals surface area contributed by atoms with Gasteiger partial charge in [0.25, 0.3) is 0 Å². The van der Waals surface area contributed by atoms with Crippen molar-refractivity contribution in [3.63, 3.8) is 0 Å². The molecule has 1 aliphatic rings. The highest BCUT2D eigenvalue weighted by molar-refractivity contribution is 7.80. The largest absolute Gasteiger partial charge is 0.480 e. The predicted octanol–water partition coefficient (Wildman–Crippen LogP) is -2.15. The summed E-state index contributed by atoms with van der Waals surface area (Å²) >= 11 is 4.14. The maximum Gasteiger partial charge on any atom is 0.317 e. The SMILES string of the molecule is CC(S)NC(=O)CN1CCN(CC(=O)O)CCN(CC(=O)O)CCN(CC(=O)O)CC1. The fourth-order valence-electron chi connectivity index (χ4n) is 3.27. The smallest absolute Gasteiger partial charge is 0.317 e. The minimum absolute atomic E-state index is 0.0812. The van der Waals surface area contributed by atoms with E-state index >= 15 is 0 Å². The first-order valence-corrected chi connectivity index (χ1v) is 10.6. The summed E-state index contributed by atoms with van der Waals surface area (Å²) in [6.45, 7) is 4.10. The lowest BCUT2D eigenvalue weighted by Gasteiger charge is -2.32. The van der Waals surface area contributed by atoms with Crippen molar-refractivity contribution in [3.8, 4) is 0 Å². The van der Waals surface area contributed by atoms with Crippen LogP contribution in [0, 0.1) is 0 Å². The molecule has 1 saturated heterocycles. The Balaban J connectivity index is 2.93. The molecule has 13 heteroatoms. The number of rotatable bonds is 9. The van der Waals surface area contributed by atoms with Gasteiger partial charge in [0.1, 0.15) is 0 Å². The van der Waals surface area contributed by atoms with E-state index in [1.54, 1.807) is 21.6 Å². The average Bonchev–Trinajstić information content (AvgIpc) is 2.62. The molecule has 12 nitrogen and oxygen atoms in total. The Hall–Kier alpha value is -1.93. The fourth-order valence-corrected chi connectivity index (χ4v) is 3.41. The van der Waals surface area contributed by atoms with Crippen LogP contribution < -0.4 is 5.32 Å². The fraction of sp³-hybridized carbons (Fsp3) is 0.778. The summed E-state index contributed by atoms with van der Waals surface area (Å²) in [7, 11) is 0. The van der Waals surface area contributed by atoms with Crippen LogP contribution in [0.15, 0.2) is 0 Å². The molecule has 0 aromatic carbocycles. The highest BCUT2D eigenvalue weighted by atomic mass is 32.1. The number of amides is 1. The van der Waals surface area contributed by atoms with Crippen molar-refractivity contribution in [1.29, 1.82) is 0 Å². The van der Waals surface area contributed by atoms with Gasteiger partial charge < -0.3 is 20.6 Å². The molecule has 1 heterocycles. The van der Waals surface area contributed by atoms with E-state index in [0.717, 1.165) is 0 Å². The van der Waals surface area contributed by atoms with Gasteiger partial charge in [0.15, 0.2) is 0 Å². The van der Waals surface area contributed by atoms with Gasteiger partial charge >= 0.3 is 17.9 Å². The summed E-state index contributed by atoms with van der Waals surface area (Å²) in [5, 5.41) is 29.9. The van der Waals surface area contributed by atoms with Gasteiger partial charge in [0.2, 0.25) is 5.91 Å². The molecule has 0 radical (unpaired) electrons. The minimum Gasteiger partial charge on any atom is -0.480 e. The number of thiol groups is 1. The molecule has 1 rings (SSSR count). The summed E-state index contributed by atoms with van der Waals surface area (Å²) in [6, 6.07) is 0. The second-order valence-corrected chi connectivity index (χ2v) is 8.30. The van der Waals surface area contributed by atoms with Crippen LogP contribution in [0.5, 0.6) is 0 Å². The third-order valence-corrected chi connectivity index (χ3v) is 4.87. The number of nitrogens with one attached hydrogen (secondary N) is 1. The summed E-state index contributed by atoms with van der Waals surface area (Å²) in [5.74, 6) is -3.20. The first kappa shape index (κ1) is 27.1. The van der Waals surface area contributed by atoms with Crippen molar-refractivity contribution in [1.82, 2.24) is 24.9 Å². The zero-order valence-corrected chi connectivity index (χ0v) is 18.7. The quantitative estimate of drug-likeness (QED) is 0.188. The maximum absolute atomic E-state index is 12.2. The molecular formula is C18H33N5O7S. The molecule has 1 fully saturated rings. The summed E-state index contributed by atoms with van der Waals surface area (Å²) in [6.07, 6.45) is 0. The number of carbonyl (C=O) groups excluding carboxylic acids is 1. The Kier molecular flexibility index (Phi) is 12.4. The highest BCUT2D eigenvalue weighted by Gasteiger charge is 2.21. The van der Waals surface area contributed by atoms with Crippen LogP contribution >= 0.6 is 12.6 Å². The van der Waals surface area contributed by atoms with E-state index in [1.165, 1.54) is 0 Å². The Bertz CT molecular complexity index is 590. The second-order valence-electron chi connectivity index (χ2n) is 7.53. The molecule has 1 amide bonds. The van der Waals surface area contributed by atoms with Gasteiger partial charge in [-0.1, -0.05) is 0 Å². The van der Waals surface area contributed by atoms with Crippen molar-refractivity contribution in [2.45, 2.75) is 12.3 Å². The topological polar surface area (TPSA) is 154 Å². The normalized spacial score (nSPS) is 19.7. The average molecular weight is 464 g/mol. The zero-order chi connectivity index (χ0) is 23.4. The number of carboxylic acid groups (broad SMARTS) is 3. The lowest BCUT2D eigenvalue weighted by atomic mass is 10.3. The molecule has 0 aromatic heterocycles. The molecule has 4 N–H and O–H groups in total. The van der Waals surface area contributed by atoms with E-state index in [4.69, 9.17) is 5.11 Å². The van der Waals surface area contributed by atoms with E-state index in [2.05, 4.69) is 17.9 Å². The number of carbonyl (C=O) groups is 4. The van der Waals surface area contributed by atoms with Crippen LogP contribution in [0.2, 0.25) is 0 Å². The van der Waals surface area contributed by atoms with Gasteiger partial charge in [-0.3, -0.25) is 38.8 Å². The van der Waals surface area contributed by atoms with E-state index in [1.807, 2.05) is 4.90 Å². The van der Waals surface area contributed by atoms with E-state index in [9.17, 15) is 29.4 Å². The molecule has 31 heavy (non-hydrogen) atoms. The molecule has 1 atom stereocenters. The third-order valence-electron chi connectivity index (χ3n) is 4.74. The monoisotopic (exact) mass is 463 g/mol. The Morgan fingerprint density at radius 1 is 0.677 bits per heavy atom. The van der Waals surface area contributed by atoms with Gasteiger partial charge in [0.05, 0.1) is 31.6 Å². The standard InChI is InChI=1S/C18H33N5O7S/c1-14(31)19-15(24)10-20-2-4-21(11-16(25)26)6-8-23(13-18(29)30)9-7-22(5-3-20)12-17(27)28/h14,31H,2-13H2,1H3,(H,19,24)(H,25,26)(H,27,28)(H,29,30). The van der Waals surface area contributed by atoms with Gasteiger partial charge in [-0.05, 0) is 6.92 Å². The van der Waals surface area contributed by atoms with Gasteiger partial charge in [0, 0.05) is 52.4 Å². The molecule has 178 valence electrons. The summed E-state index contributed by atoms with van der Waals surface area (Å²) < 4.78 is 0. The van der Waals surface area contributed by atoms with Gasteiger partial charge in [-0.2, -0.15) is 12.6 Å². The molecule has 1 aliphatic heterocycles. The summed E-state index contributed by atoms with van der Waals surface area (Å²) in [5.41, 5.74) is 0. The molecule has 0 aromatic rings. The van der Waals surface area contributed by atoms with E-state index in [0.29, 0.717) is 52.4 Å². The second kappa shape index (κ2) is 14.2. The third kappa shape index (κ3) is 13.2. The van der Waals surface area contributed by atoms with Crippen molar-refractivity contribution in [2.24, 2.45) is 0 Å². The van der Waals surface area contributed by atoms with Crippen LogP contribution in [0.3, 0.4) is 0 Å². The Morgan fingerprint density at radius 3 is 1.16 bits per heavy atom. The van der Waals surface area contributed by atoms with Crippen molar-refractivity contribution < 1.29 is 34.5 Å². The number of aliphatic carboxylic acids is 3. The predicted molar refractivity (Wildman–Crippen MR) is 115 cm³/mol. The zero-order valence-electron chi connectivity index (χ0n) is 17.8. The Labute approximate surface area is 187 Å². The lowest BCUT2D eigenvalue weighted by Crippen LogP contribution is -2.50. The van der Waals surface area contributed by atoms with Crippen molar-refractivity contribution in [2.75, 3.05) is 78.5 Å². The highest BCUT2D eigenvalue weighted by Crippen LogP contribution is 2.02. The Morgan fingerprint density at radius 2 is 0.935 bits per heavy atom. The molecule has 0 saturated carbocycles. The van der Waals surface area contributed by atoms with Crippen LogP contribution in [-0.4, -0.2) is 143 Å². The van der Waals surface area contributed by atoms with Gasteiger partial charge in [-0.15, -0.1) is 0 Å². The molecular weight excluding hydrogens is 430 g/mol. The van der Waals surface area contributed by atoms with Crippen LogP contribution in [0.4, 0.5) is 0 Å². The van der Waals surface area contributed by atoms with E-state index in [-0.39, 0.29) is 37.5 Å². The minimum atomic E-state index is -1.00. The van der Waals surface area contributed by atoms with Crippen molar-refractivity contribution >= 4 is 36.4 Å². The van der Waals surface area contributed by atoms with Crippen LogP contribution in [0.1, 0.15) is 6.92 Å². The first-order valence-electron chi connectivity index (χ1n) is 10.1. The molecule has 0 bridgehead atoms. The lowest BCUT2D eigenvalue weighted by molar-refractivity contribution is -0.140. The number of nitrogens with zero attached hydrogens (tertiary/aromatic N) is 4. The molecule has 0 spiro atoms. The molecule has 0 aliphatic carbocycles. The van der Waals surface area contributed by atoms with Crippen molar-refractivity contribution in [3.05, 3.63) is 0 Å². The molecule has 1 unspecified atom stereocenters.